The number of Topliss-reactive ketones (excluding diaryl/α,β-unsaturated/α-hetero) is 1. The number of rotatable bonds is 8. The van der Waals surface area contributed by atoms with Gasteiger partial charge in [0.2, 0.25) is 11.3 Å². The van der Waals surface area contributed by atoms with Crippen LogP contribution in [0.25, 0.3) is 10.8 Å². The van der Waals surface area contributed by atoms with E-state index in [0.29, 0.717) is 32.6 Å². The van der Waals surface area contributed by atoms with E-state index in [0.717, 1.165) is 37.6 Å². The van der Waals surface area contributed by atoms with E-state index in [1.807, 2.05) is 67.6 Å². The molecule has 1 aliphatic rings. The van der Waals surface area contributed by atoms with Crippen LogP contribution in [0.5, 0.6) is 0 Å². The summed E-state index contributed by atoms with van der Waals surface area (Å²) in [6.07, 6.45) is 0.455. The Balaban J connectivity index is 1.44. The lowest BCUT2D eigenvalue weighted by molar-refractivity contribution is -0.148. The van der Waals surface area contributed by atoms with Gasteiger partial charge in [-0.25, -0.2) is 9.22 Å². The van der Waals surface area contributed by atoms with Gasteiger partial charge in [0.25, 0.3) is 0 Å². The van der Waals surface area contributed by atoms with Gasteiger partial charge in [0.1, 0.15) is 6.04 Å². The van der Waals surface area contributed by atoms with Crippen LogP contribution in [0.4, 0.5) is 5.69 Å². The number of benzene rings is 3. The highest BCUT2D eigenvalue weighted by atomic mass is 32.2. The van der Waals surface area contributed by atoms with Crippen molar-refractivity contribution in [3.05, 3.63) is 77.4 Å². The van der Waals surface area contributed by atoms with Crippen LogP contribution in [0.3, 0.4) is 0 Å². The Morgan fingerprint density at radius 1 is 0.974 bits per heavy atom. The molecule has 0 saturated carbocycles. The predicted octanol–water partition coefficient (Wildman–Crippen LogP) is 4.42. The molecule has 2 unspecified atom stereocenters. The summed E-state index contributed by atoms with van der Waals surface area (Å²) in [5.41, 5.74) is 3.42. The minimum absolute atomic E-state index is 0.112. The van der Waals surface area contributed by atoms with Crippen LogP contribution in [-0.2, 0) is 16.1 Å². The summed E-state index contributed by atoms with van der Waals surface area (Å²) in [6, 6.07) is 18.5. The van der Waals surface area contributed by atoms with E-state index in [1.54, 1.807) is 18.9 Å². The van der Waals surface area contributed by atoms with Crippen molar-refractivity contribution in [3.63, 3.8) is 0 Å². The van der Waals surface area contributed by atoms with Gasteiger partial charge in [-0.1, -0.05) is 56.9 Å². The van der Waals surface area contributed by atoms with Gasteiger partial charge in [0.15, 0.2) is 5.78 Å². The first-order chi connectivity index (χ1) is 18.7. The van der Waals surface area contributed by atoms with Crippen molar-refractivity contribution < 1.29 is 23.5 Å². The van der Waals surface area contributed by atoms with Gasteiger partial charge in [0, 0.05) is 55.0 Å². The number of hydrogen-bond donors (Lipinski definition) is 2. The first-order valence-electron chi connectivity index (χ1n) is 13.0. The second-order valence-corrected chi connectivity index (χ2v) is 10.7. The molecule has 0 amide bonds. The Morgan fingerprint density at radius 3 is 2.21 bits per heavy atom. The molecule has 0 aliphatic carbocycles. The average molecular weight is 548 g/mol. The van der Waals surface area contributed by atoms with Gasteiger partial charge >= 0.3 is 5.97 Å². The summed E-state index contributed by atoms with van der Waals surface area (Å²) in [7, 11) is 0. The zero-order valence-corrected chi connectivity index (χ0v) is 23.1. The number of carbonyl (C=O) groups is 2. The number of nitrogens with zero attached hydrogens (tertiary/aromatic N) is 3. The summed E-state index contributed by atoms with van der Waals surface area (Å²) in [5.74, 6) is 5.07. The lowest BCUT2D eigenvalue weighted by atomic mass is 9.98. The smallest absolute Gasteiger partial charge is 0.323 e. The monoisotopic (exact) mass is 547 g/mol. The van der Waals surface area contributed by atoms with E-state index < -0.39 is 23.3 Å². The predicted molar refractivity (Wildman–Crippen MR) is 154 cm³/mol. The number of ketones is 1. The van der Waals surface area contributed by atoms with Gasteiger partial charge in [-0.05, 0) is 53.1 Å². The van der Waals surface area contributed by atoms with Crippen molar-refractivity contribution in [1.82, 2.24) is 9.42 Å². The normalized spacial score (nSPS) is 15.7. The standard InChI is InChI=1S/C30H33N3O5S/c1-4-28(34)26-7-5-6-24-13-10-23(20-27(24)26)9-8-22-11-14-25(15-12-22)31-16-18-32(19-17-31)33(39(37)38)29(21(2)3)30(35)36/h5-7,10-15,20-21,29H,4,16-19H2,1-3H3,(H,35,36)(H,37,38). The third-order valence-electron chi connectivity index (χ3n) is 6.90. The highest BCUT2D eigenvalue weighted by Crippen LogP contribution is 2.23. The van der Waals surface area contributed by atoms with Crippen LogP contribution < -0.4 is 4.90 Å². The highest BCUT2D eigenvalue weighted by molar-refractivity contribution is 7.76. The second kappa shape index (κ2) is 12.5. The molecule has 3 aromatic rings. The maximum atomic E-state index is 12.4. The van der Waals surface area contributed by atoms with Gasteiger partial charge in [0.05, 0.1) is 0 Å². The van der Waals surface area contributed by atoms with Gasteiger partial charge in [-0.2, -0.15) is 0 Å². The summed E-state index contributed by atoms with van der Waals surface area (Å²) in [6.45, 7) is 7.33. The van der Waals surface area contributed by atoms with Crippen LogP contribution in [0.1, 0.15) is 48.7 Å². The number of anilines is 1. The van der Waals surface area contributed by atoms with E-state index in [2.05, 4.69) is 16.7 Å². The van der Waals surface area contributed by atoms with Crippen LogP contribution in [0.15, 0.2) is 60.7 Å². The second-order valence-electron chi connectivity index (χ2n) is 9.82. The molecule has 1 heterocycles. The van der Waals surface area contributed by atoms with Crippen molar-refractivity contribution >= 4 is 39.5 Å². The molecule has 39 heavy (non-hydrogen) atoms. The maximum absolute atomic E-state index is 12.4. The number of hydrazine groups is 1. The Labute approximate surface area is 231 Å². The SMILES string of the molecule is CCC(=O)c1cccc2ccc(C#Cc3ccc(N4CCN(N(C(C(=O)O)C(C)C)S(=O)O)CC4)cc3)cc12. The molecular formula is C30H33N3O5S. The number of carbonyl (C=O) groups excluding carboxylic acids is 1. The van der Waals surface area contributed by atoms with Crippen molar-refractivity contribution in [2.24, 2.45) is 5.92 Å². The first-order valence-corrected chi connectivity index (χ1v) is 14.1. The molecule has 4 rings (SSSR count). The third kappa shape index (κ3) is 6.54. The van der Waals surface area contributed by atoms with E-state index in [-0.39, 0.29) is 11.7 Å². The molecule has 1 fully saturated rings. The molecule has 9 heteroatoms. The number of aliphatic carboxylic acids is 1. The number of piperazine rings is 1. The van der Waals surface area contributed by atoms with E-state index in [1.165, 1.54) is 0 Å². The number of carboxylic acids is 1. The fourth-order valence-corrected chi connectivity index (χ4v) is 5.73. The molecule has 2 N–H and O–H groups in total. The maximum Gasteiger partial charge on any atom is 0.323 e. The molecule has 0 aromatic heterocycles. The van der Waals surface area contributed by atoms with Gasteiger partial charge < -0.3 is 10.0 Å². The van der Waals surface area contributed by atoms with Gasteiger partial charge in [-0.3, -0.25) is 14.1 Å². The summed E-state index contributed by atoms with van der Waals surface area (Å²) >= 11 is -2.43. The zero-order chi connectivity index (χ0) is 28.1. The average Bonchev–Trinajstić information content (AvgIpc) is 2.93. The largest absolute Gasteiger partial charge is 0.480 e. The van der Waals surface area contributed by atoms with Crippen molar-refractivity contribution in [1.29, 1.82) is 0 Å². The number of hydrogen-bond acceptors (Lipinski definition) is 5. The molecule has 8 nitrogen and oxygen atoms in total. The molecule has 0 spiro atoms. The first kappa shape index (κ1) is 28.5. The number of carboxylic acid groups (broad SMARTS) is 1. The molecule has 0 bridgehead atoms. The molecule has 3 aromatic carbocycles. The minimum atomic E-state index is -2.43. The van der Waals surface area contributed by atoms with Crippen LogP contribution in [-0.4, -0.2) is 67.3 Å². The van der Waals surface area contributed by atoms with Crippen molar-refractivity contribution in [3.8, 4) is 11.8 Å². The van der Waals surface area contributed by atoms with Crippen molar-refractivity contribution in [2.45, 2.75) is 33.2 Å². The molecular weight excluding hydrogens is 514 g/mol. The highest BCUT2D eigenvalue weighted by Gasteiger charge is 2.38. The summed E-state index contributed by atoms with van der Waals surface area (Å²) < 4.78 is 22.9. The summed E-state index contributed by atoms with van der Waals surface area (Å²) in [4.78, 5) is 26.3. The fourth-order valence-electron chi connectivity index (χ4n) is 4.84. The molecule has 1 aliphatic heterocycles. The molecule has 0 radical (unpaired) electrons. The van der Waals surface area contributed by atoms with Crippen LogP contribution in [0, 0.1) is 17.8 Å². The minimum Gasteiger partial charge on any atom is -0.480 e. The third-order valence-corrected chi connectivity index (χ3v) is 7.68. The lowest BCUT2D eigenvalue weighted by Crippen LogP contribution is -2.60. The van der Waals surface area contributed by atoms with Crippen molar-refractivity contribution in [2.75, 3.05) is 31.1 Å². The lowest BCUT2D eigenvalue weighted by Gasteiger charge is -2.42. The Bertz CT molecular complexity index is 1440. The van der Waals surface area contributed by atoms with Crippen LogP contribution in [0.2, 0.25) is 0 Å². The molecule has 204 valence electrons. The Kier molecular flexibility index (Phi) is 9.15. The van der Waals surface area contributed by atoms with E-state index in [4.69, 9.17) is 0 Å². The number of fused-ring (bicyclic) bond motifs is 1. The topological polar surface area (TPSA) is 101 Å². The zero-order valence-electron chi connectivity index (χ0n) is 22.3. The Morgan fingerprint density at radius 2 is 1.62 bits per heavy atom. The van der Waals surface area contributed by atoms with E-state index >= 15 is 0 Å². The summed E-state index contributed by atoms with van der Waals surface area (Å²) in [5, 5.41) is 13.2. The molecule has 2 atom stereocenters. The quantitative estimate of drug-likeness (QED) is 0.245. The molecule has 1 saturated heterocycles. The fraction of sp³-hybridized carbons (Fsp3) is 0.333. The van der Waals surface area contributed by atoms with Crippen LogP contribution >= 0.6 is 0 Å². The Hall–Kier alpha value is -3.55. The van der Waals surface area contributed by atoms with Gasteiger partial charge in [-0.15, -0.1) is 4.41 Å². The van der Waals surface area contributed by atoms with E-state index in [9.17, 15) is 23.5 Å².